The Morgan fingerprint density at radius 2 is 2.12 bits per heavy atom. The Balaban J connectivity index is 1.57. The maximum atomic E-state index is 12.2. The van der Waals surface area contributed by atoms with E-state index in [-0.39, 0.29) is 12.5 Å². The Kier molecular flexibility index (Phi) is 5.90. The van der Waals surface area contributed by atoms with Crippen molar-refractivity contribution >= 4 is 33.4 Å². The topological polar surface area (TPSA) is 77.2 Å². The zero-order chi connectivity index (χ0) is 18.5. The number of nitrogens with one attached hydrogen (secondary N) is 1. The summed E-state index contributed by atoms with van der Waals surface area (Å²) < 4.78 is 11.7. The van der Waals surface area contributed by atoms with Crippen LogP contribution in [0.25, 0.3) is 11.4 Å². The van der Waals surface area contributed by atoms with Gasteiger partial charge in [-0.15, -0.1) is 0 Å². The van der Waals surface area contributed by atoms with Gasteiger partial charge >= 0.3 is 0 Å². The highest BCUT2D eigenvalue weighted by atomic mass is 79.9. The number of amides is 1. The Morgan fingerprint density at radius 3 is 2.88 bits per heavy atom. The van der Waals surface area contributed by atoms with Crippen LogP contribution < -0.4 is 10.1 Å². The van der Waals surface area contributed by atoms with E-state index in [0.717, 1.165) is 10.0 Å². The number of nitrogens with zero attached hydrogens (tertiary/aromatic N) is 2. The second kappa shape index (κ2) is 8.33. The highest BCUT2D eigenvalue weighted by Gasteiger charge is 2.17. The fourth-order valence-electron chi connectivity index (χ4n) is 2.16. The lowest BCUT2D eigenvalue weighted by atomic mass is 10.2. The zero-order valence-corrected chi connectivity index (χ0v) is 16.1. The van der Waals surface area contributed by atoms with Gasteiger partial charge in [0.15, 0.2) is 6.10 Å². The van der Waals surface area contributed by atoms with Crippen LogP contribution in [-0.4, -0.2) is 22.2 Å². The van der Waals surface area contributed by atoms with Crippen LogP contribution in [0.2, 0.25) is 5.02 Å². The van der Waals surface area contributed by atoms with Crippen molar-refractivity contribution in [2.24, 2.45) is 0 Å². The predicted molar refractivity (Wildman–Crippen MR) is 101 cm³/mol. The summed E-state index contributed by atoms with van der Waals surface area (Å²) in [6.07, 6.45) is -0.720. The summed E-state index contributed by atoms with van der Waals surface area (Å²) in [5.74, 6) is 0.896. The van der Waals surface area contributed by atoms with E-state index < -0.39 is 6.10 Å². The first-order valence-corrected chi connectivity index (χ1v) is 8.97. The number of ether oxygens (including phenoxy) is 1. The molecule has 1 aromatic heterocycles. The maximum Gasteiger partial charge on any atom is 0.261 e. The Labute approximate surface area is 163 Å². The van der Waals surface area contributed by atoms with Gasteiger partial charge in [-0.1, -0.05) is 57.0 Å². The quantitative estimate of drug-likeness (QED) is 0.625. The smallest absolute Gasteiger partial charge is 0.261 e. The molecule has 1 unspecified atom stereocenters. The van der Waals surface area contributed by atoms with Crippen LogP contribution in [0.4, 0.5) is 0 Å². The van der Waals surface area contributed by atoms with Crippen molar-refractivity contribution in [1.82, 2.24) is 15.5 Å². The molecule has 2 aromatic carbocycles. The molecule has 3 aromatic rings. The molecule has 0 aliphatic rings. The fraction of sp³-hybridized carbons (Fsp3) is 0.167. The Bertz CT molecular complexity index is 916. The first-order chi connectivity index (χ1) is 12.5. The van der Waals surface area contributed by atoms with Crippen LogP contribution in [0, 0.1) is 0 Å². The van der Waals surface area contributed by atoms with Crippen molar-refractivity contribution in [1.29, 1.82) is 0 Å². The summed E-state index contributed by atoms with van der Waals surface area (Å²) in [6, 6.07) is 14.5. The van der Waals surface area contributed by atoms with E-state index in [9.17, 15) is 4.79 Å². The number of halogens is 2. The minimum absolute atomic E-state index is 0.107. The number of carbonyl (C=O) groups excluding carboxylic acids is 1. The molecule has 0 saturated heterocycles. The van der Waals surface area contributed by atoms with Gasteiger partial charge in [-0.3, -0.25) is 4.79 Å². The number of aromatic nitrogens is 2. The van der Waals surface area contributed by atoms with Crippen molar-refractivity contribution in [3.8, 4) is 17.1 Å². The summed E-state index contributed by atoms with van der Waals surface area (Å²) in [6.45, 7) is 1.75. The zero-order valence-electron chi connectivity index (χ0n) is 13.8. The standard InChI is InChI=1S/C18H15BrClN3O3/c1-11(25-15-8-3-2-7-14(15)20)18(24)21-10-16-22-17(23-26-16)12-5-4-6-13(19)9-12/h2-9,11H,10H2,1H3,(H,21,24). The molecule has 1 heterocycles. The lowest BCUT2D eigenvalue weighted by Crippen LogP contribution is -2.36. The van der Waals surface area contributed by atoms with Gasteiger partial charge in [-0.05, 0) is 31.2 Å². The largest absolute Gasteiger partial charge is 0.479 e. The second-order valence-electron chi connectivity index (χ2n) is 5.43. The van der Waals surface area contributed by atoms with E-state index in [4.69, 9.17) is 20.9 Å². The van der Waals surface area contributed by atoms with Crippen LogP contribution in [-0.2, 0) is 11.3 Å². The molecule has 0 aliphatic carbocycles. The third-order valence-corrected chi connectivity index (χ3v) is 4.28. The number of para-hydroxylation sites is 1. The lowest BCUT2D eigenvalue weighted by molar-refractivity contribution is -0.127. The molecule has 0 spiro atoms. The molecule has 6 nitrogen and oxygen atoms in total. The van der Waals surface area contributed by atoms with E-state index in [1.54, 1.807) is 31.2 Å². The van der Waals surface area contributed by atoms with E-state index in [1.807, 2.05) is 24.3 Å². The molecule has 134 valence electrons. The molecule has 0 fully saturated rings. The molecule has 1 N–H and O–H groups in total. The van der Waals surface area contributed by atoms with Crippen molar-refractivity contribution in [3.05, 3.63) is 63.9 Å². The Hall–Kier alpha value is -2.38. The molecule has 0 aliphatic heterocycles. The molecule has 0 radical (unpaired) electrons. The minimum Gasteiger partial charge on any atom is -0.479 e. The summed E-state index contributed by atoms with van der Waals surface area (Å²) >= 11 is 9.42. The van der Waals surface area contributed by atoms with Gasteiger partial charge in [0.25, 0.3) is 5.91 Å². The normalized spacial score (nSPS) is 11.8. The van der Waals surface area contributed by atoms with Gasteiger partial charge in [-0.2, -0.15) is 4.98 Å². The fourth-order valence-corrected chi connectivity index (χ4v) is 2.74. The SMILES string of the molecule is CC(Oc1ccccc1Cl)C(=O)NCc1nc(-c2cccc(Br)c2)no1. The van der Waals surface area contributed by atoms with Crippen molar-refractivity contribution < 1.29 is 14.1 Å². The van der Waals surface area contributed by atoms with Crippen LogP contribution in [0.15, 0.2) is 57.5 Å². The van der Waals surface area contributed by atoms with Crippen molar-refractivity contribution in [3.63, 3.8) is 0 Å². The number of rotatable bonds is 6. The predicted octanol–water partition coefficient (Wildman–Crippen LogP) is 4.24. The first-order valence-electron chi connectivity index (χ1n) is 7.80. The van der Waals surface area contributed by atoms with Gasteiger partial charge < -0.3 is 14.6 Å². The van der Waals surface area contributed by atoms with Gasteiger partial charge in [0.1, 0.15) is 5.75 Å². The molecule has 0 saturated carbocycles. The lowest BCUT2D eigenvalue weighted by Gasteiger charge is -2.14. The monoisotopic (exact) mass is 435 g/mol. The van der Waals surface area contributed by atoms with Gasteiger partial charge in [0.05, 0.1) is 11.6 Å². The number of carbonyl (C=O) groups is 1. The summed E-state index contributed by atoms with van der Waals surface area (Å²) in [5, 5.41) is 7.07. The second-order valence-corrected chi connectivity index (χ2v) is 6.75. The number of benzene rings is 2. The minimum atomic E-state index is -0.720. The van der Waals surface area contributed by atoms with Crippen LogP contribution in [0.3, 0.4) is 0 Å². The number of hydrogen-bond donors (Lipinski definition) is 1. The van der Waals surface area contributed by atoms with Gasteiger partial charge in [-0.25, -0.2) is 0 Å². The van der Waals surface area contributed by atoms with E-state index in [2.05, 4.69) is 31.4 Å². The van der Waals surface area contributed by atoms with Gasteiger partial charge in [0, 0.05) is 10.0 Å². The molecule has 8 heteroatoms. The van der Waals surface area contributed by atoms with Gasteiger partial charge in [0.2, 0.25) is 11.7 Å². The third-order valence-electron chi connectivity index (χ3n) is 3.47. The van der Waals surface area contributed by atoms with E-state index >= 15 is 0 Å². The third kappa shape index (κ3) is 4.62. The Morgan fingerprint density at radius 1 is 1.31 bits per heavy atom. The van der Waals surface area contributed by atoms with Crippen molar-refractivity contribution in [2.75, 3.05) is 0 Å². The molecule has 0 bridgehead atoms. The summed E-state index contributed by atoms with van der Waals surface area (Å²) in [5.41, 5.74) is 0.816. The molecule has 26 heavy (non-hydrogen) atoms. The first kappa shape index (κ1) is 18.4. The maximum absolute atomic E-state index is 12.2. The summed E-state index contributed by atoms with van der Waals surface area (Å²) in [7, 11) is 0. The number of hydrogen-bond acceptors (Lipinski definition) is 5. The molecule has 3 rings (SSSR count). The summed E-state index contributed by atoms with van der Waals surface area (Å²) in [4.78, 5) is 16.5. The van der Waals surface area contributed by atoms with Crippen LogP contribution in [0.5, 0.6) is 5.75 Å². The molecule has 1 amide bonds. The highest BCUT2D eigenvalue weighted by molar-refractivity contribution is 9.10. The molecule has 1 atom stereocenters. The molecular weight excluding hydrogens is 422 g/mol. The van der Waals surface area contributed by atoms with Crippen LogP contribution in [0.1, 0.15) is 12.8 Å². The van der Waals surface area contributed by atoms with Crippen molar-refractivity contribution in [2.45, 2.75) is 19.6 Å². The van der Waals surface area contributed by atoms with E-state index in [1.165, 1.54) is 0 Å². The highest BCUT2D eigenvalue weighted by Crippen LogP contribution is 2.24. The average Bonchev–Trinajstić information content (AvgIpc) is 3.10. The van der Waals surface area contributed by atoms with E-state index in [0.29, 0.717) is 22.5 Å². The van der Waals surface area contributed by atoms with Crippen LogP contribution >= 0.6 is 27.5 Å². The molecular formula is C18H15BrClN3O3. The average molecular weight is 437 g/mol.